The van der Waals surface area contributed by atoms with Gasteiger partial charge in [-0.25, -0.2) is 4.79 Å². The van der Waals surface area contributed by atoms with Crippen LogP contribution < -0.4 is 0 Å². The molecule has 0 aliphatic heterocycles. The number of hydrogen-bond donors (Lipinski definition) is 0. The molecule has 0 heterocycles. The molecule has 10 nitrogen and oxygen atoms in total. The molecule has 1 atom stereocenters. The van der Waals surface area contributed by atoms with Gasteiger partial charge in [0.1, 0.15) is 19.3 Å². The maximum absolute atomic E-state index is 13.3. The second-order valence-electron chi connectivity index (χ2n) is 19.9. The molecule has 71 heavy (non-hydrogen) atoms. The van der Waals surface area contributed by atoms with Crippen LogP contribution in [0.3, 0.4) is 0 Å². The first-order chi connectivity index (χ1) is 34.7. The second kappa shape index (κ2) is 54.4. The van der Waals surface area contributed by atoms with Crippen LogP contribution in [0.1, 0.15) is 265 Å². The lowest BCUT2D eigenvalue weighted by atomic mass is 10.0. The third-order valence-electron chi connectivity index (χ3n) is 12.6. The van der Waals surface area contributed by atoms with Crippen molar-refractivity contribution in [1.82, 2.24) is 4.90 Å². The van der Waals surface area contributed by atoms with Crippen molar-refractivity contribution in [1.29, 1.82) is 0 Å². The van der Waals surface area contributed by atoms with Gasteiger partial charge in [-0.05, 0) is 117 Å². The lowest BCUT2D eigenvalue weighted by Gasteiger charge is -2.20. The number of carbonyl (C=O) groups is 4. The molecule has 0 fully saturated rings. The third kappa shape index (κ3) is 52.7. The lowest BCUT2D eigenvalue weighted by molar-refractivity contribution is -0.167. The summed E-state index contributed by atoms with van der Waals surface area (Å²) in [4.78, 5) is 53.6. The van der Waals surface area contributed by atoms with Crippen LogP contribution in [0.15, 0.2) is 48.6 Å². The molecule has 0 amide bonds. The Bertz CT molecular complexity index is 1280. The number of unbranched alkanes of at least 4 members (excludes halogenated alkanes) is 25. The molecule has 0 saturated carbocycles. The molecular formula is C61H109NO9. The zero-order valence-electron chi connectivity index (χ0n) is 46.6. The van der Waals surface area contributed by atoms with Crippen LogP contribution in [-0.4, -0.2) is 81.6 Å². The summed E-state index contributed by atoms with van der Waals surface area (Å²) in [7, 11) is 3.94. The Morgan fingerprint density at radius 1 is 0.380 bits per heavy atom. The highest BCUT2D eigenvalue weighted by molar-refractivity contribution is 5.71. The Morgan fingerprint density at radius 2 is 0.775 bits per heavy atom. The van der Waals surface area contributed by atoms with Gasteiger partial charge >= 0.3 is 24.1 Å². The van der Waals surface area contributed by atoms with Gasteiger partial charge in [0.25, 0.3) is 0 Å². The Morgan fingerprint density at radius 3 is 1.23 bits per heavy atom. The number of ether oxygens (including phenoxy) is 5. The fraction of sp³-hybridized carbons (Fsp3) is 0.803. The number of rotatable bonds is 52. The number of nitrogens with zero attached hydrogens (tertiary/aromatic N) is 1. The summed E-state index contributed by atoms with van der Waals surface area (Å²) in [6.45, 7) is 7.36. The van der Waals surface area contributed by atoms with Crippen molar-refractivity contribution in [2.75, 3.05) is 40.5 Å². The first-order valence-electron chi connectivity index (χ1n) is 29.3. The summed E-state index contributed by atoms with van der Waals surface area (Å²) < 4.78 is 28.0. The topological polar surface area (TPSA) is 118 Å². The molecular weight excluding hydrogens is 891 g/mol. The van der Waals surface area contributed by atoms with Crippen LogP contribution in [0.2, 0.25) is 0 Å². The third-order valence-corrected chi connectivity index (χ3v) is 12.6. The average molecular weight is 1000 g/mol. The zero-order valence-corrected chi connectivity index (χ0v) is 46.6. The van der Waals surface area contributed by atoms with Crippen molar-refractivity contribution in [3.8, 4) is 0 Å². The van der Waals surface area contributed by atoms with Gasteiger partial charge < -0.3 is 28.6 Å². The van der Waals surface area contributed by atoms with Crippen LogP contribution in [0, 0.1) is 0 Å². The first kappa shape index (κ1) is 67.6. The summed E-state index contributed by atoms with van der Waals surface area (Å²) in [5, 5.41) is 0. The predicted molar refractivity (Wildman–Crippen MR) is 296 cm³/mol. The molecule has 0 rings (SSSR count). The van der Waals surface area contributed by atoms with Gasteiger partial charge in [-0.15, -0.1) is 0 Å². The highest BCUT2D eigenvalue weighted by atomic mass is 16.7. The standard InChI is InChI=1S/C61H109NO9/c1-6-9-12-15-18-21-24-26-28-30-32-35-38-41-44-48-58(63)68-54-57(55-69-59(64)49-45-42-39-36-33-31-29-27-25-22-19-16-13-10-7-2)70-60(65)51-50-56(71-61(66)67-53-46-52-62(4)5)47-43-40-37-34-23-20-17-14-11-8-3/h18-19,21-22,26-29,56-57H,6-17,20,23-25,30-55H2,1-5H3. The van der Waals surface area contributed by atoms with E-state index in [9.17, 15) is 19.2 Å². The Hall–Kier alpha value is -3.40. The van der Waals surface area contributed by atoms with Crippen molar-refractivity contribution in [2.24, 2.45) is 0 Å². The minimum Gasteiger partial charge on any atom is -0.462 e. The van der Waals surface area contributed by atoms with E-state index >= 15 is 0 Å². The molecule has 1 unspecified atom stereocenters. The van der Waals surface area contributed by atoms with E-state index in [1.54, 1.807) is 0 Å². The van der Waals surface area contributed by atoms with Crippen molar-refractivity contribution in [3.05, 3.63) is 48.6 Å². The fourth-order valence-electron chi connectivity index (χ4n) is 8.15. The first-order valence-corrected chi connectivity index (χ1v) is 29.3. The smallest absolute Gasteiger partial charge is 0.462 e. The van der Waals surface area contributed by atoms with Crippen molar-refractivity contribution in [2.45, 2.75) is 277 Å². The van der Waals surface area contributed by atoms with Gasteiger partial charge in [0, 0.05) is 25.8 Å². The number of allylic oxidation sites excluding steroid dienone is 8. The van der Waals surface area contributed by atoms with Crippen LogP contribution in [0.4, 0.5) is 4.79 Å². The van der Waals surface area contributed by atoms with Crippen LogP contribution in [0.5, 0.6) is 0 Å². The van der Waals surface area contributed by atoms with Crippen LogP contribution >= 0.6 is 0 Å². The lowest BCUT2D eigenvalue weighted by Crippen LogP contribution is -2.31. The van der Waals surface area contributed by atoms with Gasteiger partial charge in [0.15, 0.2) is 6.10 Å². The predicted octanol–water partition coefficient (Wildman–Crippen LogP) is 17.2. The van der Waals surface area contributed by atoms with Gasteiger partial charge in [0.05, 0.1) is 6.61 Å². The summed E-state index contributed by atoms with van der Waals surface area (Å²) in [5.74, 6) is -1.25. The van der Waals surface area contributed by atoms with Crippen molar-refractivity contribution >= 4 is 24.1 Å². The van der Waals surface area contributed by atoms with E-state index < -0.39 is 24.3 Å². The van der Waals surface area contributed by atoms with Crippen LogP contribution in [-0.2, 0) is 38.1 Å². The molecule has 0 bridgehead atoms. The highest BCUT2D eigenvalue weighted by Gasteiger charge is 2.22. The van der Waals surface area contributed by atoms with E-state index in [1.807, 2.05) is 19.0 Å². The Balaban J connectivity index is 5.07. The van der Waals surface area contributed by atoms with Crippen molar-refractivity contribution in [3.63, 3.8) is 0 Å². The summed E-state index contributed by atoms with van der Waals surface area (Å²) in [5.41, 5.74) is 0. The number of esters is 3. The molecule has 0 aromatic heterocycles. The van der Waals surface area contributed by atoms with E-state index in [0.29, 0.717) is 12.8 Å². The summed E-state index contributed by atoms with van der Waals surface area (Å²) in [6.07, 6.45) is 54.1. The summed E-state index contributed by atoms with van der Waals surface area (Å²) >= 11 is 0. The van der Waals surface area contributed by atoms with Gasteiger partial charge in [0.2, 0.25) is 0 Å². The molecule has 0 aromatic carbocycles. The SMILES string of the molecule is CCCCCC=CCC=CCCCCCCCC(=O)OCC(COC(=O)CCCCCCCC=CCC=CCCCCC)OC(=O)CCC(CCCCCCCCCCCC)OC(=O)OCCCN(C)C. The molecule has 0 spiro atoms. The highest BCUT2D eigenvalue weighted by Crippen LogP contribution is 2.18. The average Bonchev–Trinajstić information content (AvgIpc) is 3.35. The van der Waals surface area contributed by atoms with Gasteiger partial charge in [-0.1, -0.05) is 191 Å². The molecule has 0 aliphatic carbocycles. The normalized spacial score (nSPS) is 12.7. The van der Waals surface area contributed by atoms with E-state index in [0.717, 1.165) is 116 Å². The monoisotopic (exact) mass is 1000 g/mol. The maximum atomic E-state index is 13.3. The van der Waals surface area contributed by atoms with E-state index in [-0.39, 0.29) is 57.4 Å². The molecule has 0 saturated heterocycles. The van der Waals surface area contributed by atoms with E-state index in [1.165, 1.54) is 96.3 Å². The molecule has 0 aliphatic rings. The fourth-order valence-corrected chi connectivity index (χ4v) is 8.15. The maximum Gasteiger partial charge on any atom is 0.508 e. The van der Waals surface area contributed by atoms with Crippen molar-refractivity contribution < 1.29 is 42.9 Å². The molecule has 0 radical (unpaired) electrons. The zero-order chi connectivity index (χ0) is 51.9. The Labute approximate surface area is 436 Å². The largest absolute Gasteiger partial charge is 0.508 e. The van der Waals surface area contributed by atoms with Crippen LogP contribution in [0.25, 0.3) is 0 Å². The number of carbonyl (C=O) groups excluding carboxylic acids is 4. The minimum absolute atomic E-state index is 0.00728. The summed E-state index contributed by atoms with van der Waals surface area (Å²) in [6, 6.07) is 0. The Kier molecular flexibility index (Phi) is 51.8. The quantitative estimate of drug-likeness (QED) is 0.0252. The van der Waals surface area contributed by atoms with Gasteiger partial charge in [-0.3, -0.25) is 14.4 Å². The second-order valence-corrected chi connectivity index (χ2v) is 19.9. The van der Waals surface area contributed by atoms with E-state index in [4.69, 9.17) is 23.7 Å². The molecule has 0 aromatic rings. The molecule has 10 heteroatoms. The van der Waals surface area contributed by atoms with E-state index in [2.05, 4.69) is 69.4 Å². The minimum atomic E-state index is -0.937. The molecule has 412 valence electrons. The van der Waals surface area contributed by atoms with Gasteiger partial charge in [-0.2, -0.15) is 0 Å². The molecule has 0 N–H and O–H groups in total. The number of hydrogen-bond acceptors (Lipinski definition) is 10.